The molecule has 1 N–H and O–H groups in total. The van der Waals surface area contributed by atoms with Gasteiger partial charge in [0.15, 0.2) is 5.78 Å². The van der Waals surface area contributed by atoms with E-state index < -0.39 is 37.5 Å². The number of rotatable bonds is 10. The van der Waals surface area contributed by atoms with Gasteiger partial charge in [-0.15, -0.1) is 0 Å². The van der Waals surface area contributed by atoms with Gasteiger partial charge in [-0.25, -0.2) is 4.79 Å². The van der Waals surface area contributed by atoms with Crippen molar-refractivity contribution in [3.8, 4) is 11.1 Å². The van der Waals surface area contributed by atoms with Crippen LogP contribution in [0.4, 0.5) is 5.69 Å². The third-order valence-electron chi connectivity index (χ3n) is 7.44. The molecule has 7 nitrogen and oxygen atoms in total. The van der Waals surface area contributed by atoms with Gasteiger partial charge >= 0.3 is 13.6 Å². The number of carboxylic acid groups (broad SMARTS) is 1. The molecule has 1 aliphatic heterocycles. The first-order chi connectivity index (χ1) is 18.4. The summed E-state index contributed by atoms with van der Waals surface area (Å²) in [5, 5.41) is 10.3. The molecule has 198 valence electrons. The van der Waals surface area contributed by atoms with E-state index in [1.165, 1.54) is 5.56 Å². The third-order valence-corrected chi connectivity index (χ3v) is 9.44. The van der Waals surface area contributed by atoms with Crippen LogP contribution >= 0.6 is 7.60 Å². The largest absolute Gasteiger partial charge is 0.480 e. The summed E-state index contributed by atoms with van der Waals surface area (Å²) < 4.78 is 23.7. The van der Waals surface area contributed by atoms with Gasteiger partial charge in [-0.3, -0.25) is 9.36 Å². The molecular weight excluding hydrogens is 501 g/mol. The molecule has 0 aromatic heterocycles. The number of aliphatic carboxylic acids is 1. The van der Waals surface area contributed by atoms with Gasteiger partial charge in [-0.2, -0.15) is 0 Å². The summed E-state index contributed by atoms with van der Waals surface area (Å²) >= 11 is 0. The maximum Gasteiger partial charge on any atom is 0.338 e. The third kappa shape index (κ3) is 4.71. The molecule has 1 heterocycles. The molecule has 0 bridgehead atoms. The Bertz CT molecular complexity index is 1380. The van der Waals surface area contributed by atoms with E-state index in [4.69, 9.17) is 9.05 Å². The molecule has 3 aromatic rings. The fourth-order valence-corrected chi connectivity index (χ4v) is 7.68. The van der Waals surface area contributed by atoms with E-state index in [1.807, 2.05) is 47.4 Å². The highest BCUT2D eigenvalue weighted by Crippen LogP contribution is 2.53. The number of benzene rings is 3. The number of hydrogen-bond donors (Lipinski definition) is 1. The quantitative estimate of drug-likeness (QED) is 0.251. The molecule has 38 heavy (non-hydrogen) atoms. The van der Waals surface area contributed by atoms with Crippen LogP contribution in [-0.2, 0) is 23.2 Å². The van der Waals surface area contributed by atoms with Gasteiger partial charge in [-0.1, -0.05) is 66.7 Å². The first-order valence-electron chi connectivity index (χ1n) is 13.1. The van der Waals surface area contributed by atoms with E-state index in [9.17, 15) is 19.3 Å². The monoisotopic (exact) mass is 533 g/mol. The Morgan fingerprint density at radius 1 is 0.921 bits per heavy atom. The van der Waals surface area contributed by atoms with Gasteiger partial charge in [0.2, 0.25) is 0 Å². The van der Waals surface area contributed by atoms with Gasteiger partial charge < -0.3 is 19.1 Å². The van der Waals surface area contributed by atoms with Crippen molar-refractivity contribution in [3.05, 3.63) is 89.5 Å². The summed E-state index contributed by atoms with van der Waals surface area (Å²) in [6.45, 7) is 4.05. The number of Topliss-reactive ketones (excluding diaryl/α,β-unsaturated/α-hetero) is 1. The Labute approximate surface area is 222 Å². The Balaban J connectivity index is 1.55. The summed E-state index contributed by atoms with van der Waals surface area (Å²) in [6.07, 6.45) is -0.0807. The Hall–Kier alpha value is -3.25. The lowest BCUT2D eigenvalue weighted by atomic mass is 9.88. The highest BCUT2D eigenvalue weighted by Gasteiger charge is 2.47. The van der Waals surface area contributed by atoms with Crippen molar-refractivity contribution in [1.82, 2.24) is 0 Å². The van der Waals surface area contributed by atoms with Crippen molar-refractivity contribution in [3.63, 3.8) is 0 Å². The predicted molar refractivity (Wildman–Crippen MR) is 147 cm³/mol. The number of fused-ring (bicyclic) bond motifs is 3. The molecule has 3 unspecified atom stereocenters. The van der Waals surface area contributed by atoms with Crippen LogP contribution in [0.3, 0.4) is 0 Å². The maximum absolute atomic E-state index is 13.4. The van der Waals surface area contributed by atoms with Crippen LogP contribution in [0.1, 0.15) is 42.9 Å². The molecule has 0 spiro atoms. The topological polar surface area (TPSA) is 93.1 Å². The van der Waals surface area contributed by atoms with Crippen molar-refractivity contribution in [2.75, 3.05) is 30.8 Å². The predicted octanol–water partition coefficient (Wildman–Crippen LogP) is 5.96. The summed E-state index contributed by atoms with van der Waals surface area (Å²) in [7, 11) is -3.64. The van der Waals surface area contributed by atoms with Crippen molar-refractivity contribution in [2.24, 2.45) is 5.92 Å². The highest BCUT2D eigenvalue weighted by molar-refractivity contribution is 7.54. The minimum absolute atomic E-state index is 0.0566. The SMILES string of the molecule is CCOP(=O)(CC(=O)C1CCN(c2cccc3c2C(c2ccccc2)c2ccccc2-3)C1C(=O)O)OCC. The lowest BCUT2D eigenvalue weighted by Gasteiger charge is -2.30. The minimum Gasteiger partial charge on any atom is -0.480 e. The smallest absolute Gasteiger partial charge is 0.338 e. The van der Waals surface area contributed by atoms with Gasteiger partial charge in [0.1, 0.15) is 12.2 Å². The lowest BCUT2D eigenvalue weighted by molar-refractivity contribution is -0.141. The van der Waals surface area contributed by atoms with Crippen LogP contribution in [-0.4, -0.2) is 48.8 Å². The summed E-state index contributed by atoms with van der Waals surface area (Å²) in [5.74, 6) is -2.36. The van der Waals surface area contributed by atoms with Gasteiger partial charge in [0.05, 0.1) is 19.1 Å². The second-order valence-electron chi connectivity index (χ2n) is 9.61. The van der Waals surface area contributed by atoms with Crippen LogP contribution in [0.5, 0.6) is 0 Å². The van der Waals surface area contributed by atoms with Crippen LogP contribution in [0.15, 0.2) is 72.8 Å². The first kappa shape index (κ1) is 26.4. The molecule has 3 atom stereocenters. The van der Waals surface area contributed by atoms with Crippen molar-refractivity contribution < 1.29 is 28.3 Å². The molecule has 1 saturated heterocycles. The van der Waals surface area contributed by atoms with Gasteiger partial charge in [0.25, 0.3) is 0 Å². The lowest BCUT2D eigenvalue weighted by Crippen LogP contribution is -2.43. The number of carbonyl (C=O) groups excluding carboxylic acids is 1. The summed E-state index contributed by atoms with van der Waals surface area (Å²) in [4.78, 5) is 27.9. The van der Waals surface area contributed by atoms with Crippen LogP contribution in [0.25, 0.3) is 11.1 Å². The minimum atomic E-state index is -3.64. The Morgan fingerprint density at radius 3 is 2.26 bits per heavy atom. The van der Waals surface area contributed by atoms with E-state index in [-0.39, 0.29) is 19.1 Å². The van der Waals surface area contributed by atoms with Crippen molar-refractivity contribution in [1.29, 1.82) is 0 Å². The highest BCUT2D eigenvalue weighted by atomic mass is 31.2. The number of hydrogen-bond acceptors (Lipinski definition) is 6. The zero-order valence-corrected chi connectivity index (χ0v) is 22.5. The number of nitrogens with zero attached hydrogens (tertiary/aromatic N) is 1. The van der Waals surface area contributed by atoms with Gasteiger partial charge in [0, 0.05) is 18.2 Å². The number of anilines is 1. The number of carboxylic acids is 1. The van der Waals surface area contributed by atoms with E-state index >= 15 is 0 Å². The molecule has 5 rings (SSSR count). The average molecular weight is 534 g/mol. The standard InChI is InChI=1S/C30H32NO6P/c1-3-36-38(35,37-4-2)19-26(32)24-17-18-31(29(24)30(33)34)25-16-10-15-23-21-13-8-9-14-22(21)27(28(23)25)20-11-6-5-7-12-20/h5-16,24,27,29H,3-4,17-19H2,1-2H3,(H,33,34). The number of carbonyl (C=O) groups is 2. The normalized spacial score (nSPS) is 20.3. The summed E-state index contributed by atoms with van der Waals surface area (Å²) in [5.41, 5.74) is 6.37. The van der Waals surface area contributed by atoms with Gasteiger partial charge in [-0.05, 0) is 54.2 Å². The molecule has 0 saturated carbocycles. The number of ketones is 1. The van der Waals surface area contributed by atoms with Crippen LogP contribution in [0.2, 0.25) is 0 Å². The molecule has 2 aliphatic rings. The fourth-order valence-electron chi connectivity index (χ4n) is 6.02. The molecule has 3 aromatic carbocycles. The van der Waals surface area contributed by atoms with Crippen LogP contribution in [0, 0.1) is 5.92 Å². The van der Waals surface area contributed by atoms with E-state index in [2.05, 4.69) is 30.3 Å². The van der Waals surface area contributed by atoms with Crippen LogP contribution < -0.4 is 4.90 Å². The second kappa shape index (κ2) is 10.9. The van der Waals surface area contributed by atoms with Crippen molar-refractivity contribution >= 4 is 25.0 Å². The maximum atomic E-state index is 13.4. The van der Waals surface area contributed by atoms with E-state index in [1.54, 1.807) is 13.8 Å². The molecule has 0 amide bonds. The molecule has 0 radical (unpaired) electrons. The Kier molecular flexibility index (Phi) is 7.53. The van der Waals surface area contributed by atoms with Crippen molar-refractivity contribution in [2.45, 2.75) is 32.2 Å². The molecule has 8 heteroatoms. The Morgan fingerprint density at radius 2 is 1.58 bits per heavy atom. The van der Waals surface area contributed by atoms with E-state index in [0.29, 0.717) is 13.0 Å². The molecular formula is C30H32NO6P. The fraction of sp³-hybridized carbons (Fsp3) is 0.333. The molecule has 1 fully saturated rings. The zero-order valence-electron chi connectivity index (χ0n) is 21.6. The molecule has 1 aliphatic carbocycles. The van der Waals surface area contributed by atoms with E-state index in [0.717, 1.165) is 27.9 Å². The summed E-state index contributed by atoms with van der Waals surface area (Å²) in [6, 6.07) is 23.4. The first-order valence-corrected chi connectivity index (χ1v) is 14.8. The average Bonchev–Trinajstić information content (AvgIpc) is 3.50. The second-order valence-corrected chi connectivity index (χ2v) is 11.7. The zero-order chi connectivity index (χ0) is 26.9.